The zero-order chi connectivity index (χ0) is 32.6. The number of fused-ring (bicyclic) bond motifs is 3. The Balaban J connectivity index is 1.20. The zero-order valence-corrected chi connectivity index (χ0v) is 26.9. The molecular weight excluding hydrogens is 593 g/mol. The molecule has 230 valence electrons. The molecule has 2 nitrogen and oxygen atoms in total. The Bertz CT molecular complexity index is 2530. The maximum absolute atomic E-state index is 5.08. The monoisotopic (exact) mass is 624 g/mol. The molecule has 0 bridgehead atoms. The van der Waals surface area contributed by atoms with E-state index in [1.54, 1.807) is 0 Å². The molecule has 0 aliphatic rings. The lowest BCUT2D eigenvalue weighted by atomic mass is 9.85. The Morgan fingerprint density at radius 1 is 0.327 bits per heavy atom. The highest BCUT2D eigenvalue weighted by Crippen LogP contribution is 2.45. The molecule has 9 aromatic rings. The summed E-state index contributed by atoms with van der Waals surface area (Å²) in [5.41, 5.74) is 10.4. The van der Waals surface area contributed by atoms with Gasteiger partial charge in [-0.15, -0.1) is 0 Å². The summed E-state index contributed by atoms with van der Waals surface area (Å²) >= 11 is 0. The van der Waals surface area contributed by atoms with Crippen LogP contribution in [0.5, 0.6) is 0 Å². The van der Waals surface area contributed by atoms with Gasteiger partial charge in [-0.25, -0.2) is 4.98 Å². The van der Waals surface area contributed by atoms with Crippen LogP contribution in [0.1, 0.15) is 0 Å². The molecule has 0 N–H and O–H groups in total. The summed E-state index contributed by atoms with van der Waals surface area (Å²) < 4.78 is 0. The van der Waals surface area contributed by atoms with Gasteiger partial charge in [0.15, 0.2) is 0 Å². The number of anilines is 3. The highest BCUT2D eigenvalue weighted by molar-refractivity contribution is 6.21. The van der Waals surface area contributed by atoms with E-state index in [-0.39, 0.29) is 0 Å². The van der Waals surface area contributed by atoms with Crippen LogP contribution in [0.15, 0.2) is 194 Å². The molecular formula is C47H32N2. The van der Waals surface area contributed by atoms with Crippen molar-refractivity contribution < 1.29 is 0 Å². The number of para-hydroxylation sites is 2. The summed E-state index contributed by atoms with van der Waals surface area (Å²) in [5.74, 6) is 0.885. The van der Waals surface area contributed by atoms with Gasteiger partial charge in [0.25, 0.3) is 0 Å². The molecule has 0 amide bonds. The molecule has 0 spiro atoms. The fourth-order valence-electron chi connectivity index (χ4n) is 7.18. The second kappa shape index (κ2) is 12.3. The van der Waals surface area contributed by atoms with Crippen molar-refractivity contribution >= 4 is 49.6 Å². The van der Waals surface area contributed by atoms with E-state index < -0.39 is 0 Å². The fraction of sp³-hybridized carbons (Fsp3) is 0. The molecule has 0 aliphatic heterocycles. The molecule has 2 heteroatoms. The van der Waals surface area contributed by atoms with E-state index in [1.165, 1.54) is 54.9 Å². The second-order valence-corrected chi connectivity index (χ2v) is 12.4. The quantitative estimate of drug-likeness (QED) is 0.171. The van der Waals surface area contributed by atoms with Gasteiger partial charge in [0.2, 0.25) is 0 Å². The summed E-state index contributed by atoms with van der Waals surface area (Å²) in [6.45, 7) is 0. The number of rotatable bonds is 6. The van der Waals surface area contributed by atoms with Crippen LogP contribution in [0.4, 0.5) is 17.2 Å². The predicted molar refractivity (Wildman–Crippen MR) is 208 cm³/mol. The highest BCUT2D eigenvalue weighted by atomic mass is 15.2. The number of benzene rings is 8. The van der Waals surface area contributed by atoms with Crippen molar-refractivity contribution in [3.63, 3.8) is 0 Å². The molecule has 1 aromatic heterocycles. The first-order valence-corrected chi connectivity index (χ1v) is 16.7. The first-order valence-electron chi connectivity index (χ1n) is 16.7. The van der Waals surface area contributed by atoms with Crippen molar-refractivity contribution in [1.29, 1.82) is 0 Å². The maximum Gasteiger partial charge on any atom is 0.138 e. The Morgan fingerprint density at radius 2 is 0.837 bits per heavy atom. The Labute approximate surface area is 286 Å². The molecule has 0 saturated carbocycles. The molecule has 0 aliphatic carbocycles. The summed E-state index contributed by atoms with van der Waals surface area (Å²) in [6.07, 6.45) is 0. The van der Waals surface area contributed by atoms with Crippen LogP contribution in [0, 0.1) is 0 Å². The van der Waals surface area contributed by atoms with Crippen molar-refractivity contribution in [2.75, 3.05) is 4.90 Å². The van der Waals surface area contributed by atoms with Crippen LogP contribution >= 0.6 is 0 Å². The van der Waals surface area contributed by atoms with E-state index in [1.807, 2.05) is 6.07 Å². The van der Waals surface area contributed by atoms with Crippen molar-refractivity contribution in [3.05, 3.63) is 194 Å². The lowest BCUT2D eigenvalue weighted by molar-refractivity contribution is 1.21. The van der Waals surface area contributed by atoms with Gasteiger partial charge in [-0.3, -0.25) is 4.90 Å². The Kier molecular flexibility index (Phi) is 7.18. The lowest BCUT2D eigenvalue weighted by Gasteiger charge is -2.25. The molecule has 8 aromatic carbocycles. The molecule has 1 heterocycles. The van der Waals surface area contributed by atoms with Gasteiger partial charge in [0, 0.05) is 16.8 Å². The number of aromatic nitrogens is 1. The smallest absolute Gasteiger partial charge is 0.138 e. The largest absolute Gasteiger partial charge is 0.295 e. The van der Waals surface area contributed by atoms with Crippen molar-refractivity contribution in [1.82, 2.24) is 4.98 Å². The zero-order valence-electron chi connectivity index (χ0n) is 26.9. The SMILES string of the molecule is c1ccc(-c2cccc(-c3c4ccccc4c(-c4ccc(N(c5ccccc5)c5ccc6ccccc6n5)cc4)c4ccccc34)c2)cc1. The van der Waals surface area contributed by atoms with Crippen LogP contribution in [0.25, 0.3) is 65.8 Å². The van der Waals surface area contributed by atoms with Gasteiger partial charge < -0.3 is 0 Å². The maximum atomic E-state index is 5.08. The van der Waals surface area contributed by atoms with Gasteiger partial charge in [-0.05, 0) is 103 Å². The Hall–Kier alpha value is -6.51. The standard InChI is InChI=1S/C47H32N2/c1-3-14-33(15-4-1)36-17-13-18-37(32-36)47-42-23-10-8-21-40(42)46(41-22-9-11-24-43(41)47)35-26-29-39(30-27-35)49(38-19-5-2-6-20-38)45-31-28-34-16-7-12-25-44(34)48-45/h1-32H. The summed E-state index contributed by atoms with van der Waals surface area (Å²) in [7, 11) is 0. The van der Waals surface area contributed by atoms with Gasteiger partial charge in [-0.2, -0.15) is 0 Å². The molecule has 0 unspecified atom stereocenters. The predicted octanol–water partition coefficient (Wildman–Crippen LogP) is 13.0. The van der Waals surface area contributed by atoms with E-state index in [0.717, 1.165) is 28.1 Å². The van der Waals surface area contributed by atoms with Crippen molar-refractivity contribution in [2.45, 2.75) is 0 Å². The third kappa shape index (κ3) is 5.21. The molecule has 9 rings (SSSR count). The van der Waals surface area contributed by atoms with Crippen LogP contribution < -0.4 is 4.90 Å². The minimum atomic E-state index is 0.885. The van der Waals surface area contributed by atoms with Gasteiger partial charge >= 0.3 is 0 Å². The van der Waals surface area contributed by atoms with Crippen LogP contribution in [0.3, 0.4) is 0 Å². The molecule has 49 heavy (non-hydrogen) atoms. The summed E-state index contributed by atoms with van der Waals surface area (Å²) in [6, 6.07) is 69.3. The number of hydrogen-bond acceptors (Lipinski definition) is 2. The lowest BCUT2D eigenvalue weighted by Crippen LogP contribution is -2.11. The van der Waals surface area contributed by atoms with Crippen LogP contribution in [-0.4, -0.2) is 4.98 Å². The fourth-order valence-corrected chi connectivity index (χ4v) is 7.18. The molecule has 0 atom stereocenters. The minimum absolute atomic E-state index is 0.885. The highest BCUT2D eigenvalue weighted by Gasteiger charge is 2.18. The van der Waals surface area contributed by atoms with Gasteiger partial charge in [0.05, 0.1) is 5.52 Å². The van der Waals surface area contributed by atoms with E-state index in [0.29, 0.717) is 0 Å². The van der Waals surface area contributed by atoms with E-state index in [4.69, 9.17) is 4.98 Å². The molecule has 0 saturated heterocycles. The van der Waals surface area contributed by atoms with Gasteiger partial charge in [-0.1, -0.05) is 146 Å². The summed E-state index contributed by atoms with van der Waals surface area (Å²) in [5, 5.41) is 6.10. The first kappa shape index (κ1) is 28.7. The average molecular weight is 625 g/mol. The van der Waals surface area contributed by atoms with E-state index >= 15 is 0 Å². The minimum Gasteiger partial charge on any atom is -0.295 e. The second-order valence-electron chi connectivity index (χ2n) is 12.4. The third-order valence-corrected chi connectivity index (χ3v) is 9.43. The van der Waals surface area contributed by atoms with E-state index in [2.05, 4.69) is 193 Å². The van der Waals surface area contributed by atoms with Crippen LogP contribution in [-0.2, 0) is 0 Å². The number of hydrogen-bond donors (Lipinski definition) is 0. The van der Waals surface area contributed by atoms with E-state index in [9.17, 15) is 0 Å². The van der Waals surface area contributed by atoms with Gasteiger partial charge in [0.1, 0.15) is 5.82 Å². The normalized spacial score (nSPS) is 11.3. The Morgan fingerprint density at radius 3 is 1.51 bits per heavy atom. The molecule has 0 radical (unpaired) electrons. The van der Waals surface area contributed by atoms with Crippen molar-refractivity contribution in [2.24, 2.45) is 0 Å². The van der Waals surface area contributed by atoms with Crippen molar-refractivity contribution in [3.8, 4) is 33.4 Å². The summed E-state index contributed by atoms with van der Waals surface area (Å²) in [4.78, 5) is 7.31. The third-order valence-electron chi connectivity index (χ3n) is 9.43. The molecule has 0 fully saturated rings. The topological polar surface area (TPSA) is 16.1 Å². The number of nitrogens with zero attached hydrogens (tertiary/aromatic N) is 2. The first-order chi connectivity index (χ1) is 24.3. The average Bonchev–Trinajstić information content (AvgIpc) is 3.18. The van der Waals surface area contributed by atoms with Crippen LogP contribution in [0.2, 0.25) is 0 Å². The number of pyridine rings is 1.